The van der Waals surface area contributed by atoms with Crippen LogP contribution in [0.15, 0.2) is 12.8 Å². The summed E-state index contributed by atoms with van der Waals surface area (Å²) in [5.74, 6) is 3.20. The minimum atomic E-state index is 0.149. The molecule has 1 saturated heterocycles. The van der Waals surface area contributed by atoms with Crippen molar-refractivity contribution in [1.82, 2.24) is 14.9 Å². The zero-order valence-electron chi connectivity index (χ0n) is 17.4. The highest BCUT2D eigenvalue weighted by Crippen LogP contribution is 2.31. The molecule has 0 aromatic carbocycles. The molecule has 2 aliphatic rings. The molecule has 1 aromatic heterocycles. The van der Waals surface area contributed by atoms with Crippen LogP contribution in [0.2, 0.25) is 0 Å². The van der Waals surface area contributed by atoms with Crippen molar-refractivity contribution in [2.45, 2.75) is 71.3 Å². The number of piperidine rings is 1. The smallest absolute Gasteiger partial charge is 0.219 e. The topological polar surface area (TPSA) is 84.1 Å². The van der Waals surface area contributed by atoms with E-state index in [1.165, 1.54) is 32.1 Å². The summed E-state index contributed by atoms with van der Waals surface area (Å²) >= 11 is 0. The number of rotatable bonds is 6. The van der Waals surface area contributed by atoms with Gasteiger partial charge in [0.05, 0.1) is 5.56 Å². The van der Waals surface area contributed by atoms with Gasteiger partial charge in [-0.15, -0.1) is 0 Å². The third-order valence-electron chi connectivity index (χ3n) is 6.42. The Bertz CT molecular complexity index is 690. The van der Waals surface area contributed by atoms with Gasteiger partial charge in [-0.3, -0.25) is 4.79 Å². The molecule has 1 aromatic rings. The lowest BCUT2D eigenvalue weighted by Gasteiger charge is -2.32. The highest BCUT2D eigenvalue weighted by atomic mass is 16.2. The van der Waals surface area contributed by atoms with Crippen LogP contribution in [0.3, 0.4) is 0 Å². The fraction of sp³-hybridized carbons (Fsp3) is 0.682. The van der Waals surface area contributed by atoms with Crippen molar-refractivity contribution in [2.24, 2.45) is 17.6 Å². The van der Waals surface area contributed by atoms with E-state index >= 15 is 0 Å². The number of carbonyl (C=O) groups excluding carboxylic acids is 1. The maximum absolute atomic E-state index is 11.5. The van der Waals surface area contributed by atoms with E-state index < -0.39 is 0 Å². The number of amides is 1. The predicted octanol–water partition coefficient (Wildman–Crippen LogP) is 3.59. The van der Waals surface area contributed by atoms with Gasteiger partial charge >= 0.3 is 0 Å². The van der Waals surface area contributed by atoms with Crippen LogP contribution < -0.4 is 11.1 Å². The van der Waals surface area contributed by atoms with E-state index in [1.54, 1.807) is 6.92 Å². The van der Waals surface area contributed by atoms with E-state index in [0.717, 1.165) is 55.5 Å². The van der Waals surface area contributed by atoms with Crippen LogP contribution in [0.5, 0.6) is 0 Å². The molecule has 1 atom stereocenters. The van der Waals surface area contributed by atoms with Crippen LogP contribution in [0.1, 0.15) is 70.2 Å². The van der Waals surface area contributed by atoms with Gasteiger partial charge in [0, 0.05) is 44.4 Å². The normalized spacial score (nSPS) is 20.0. The Morgan fingerprint density at radius 2 is 1.96 bits per heavy atom. The number of nitrogens with one attached hydrogen (secondary N) is 1. The van der Waals surface area contributed by atoms with Crippen molar-refractivity contribution < 1.29 is 4.79 Å². The fourth-order valence-corrected chi connectivity index (χ4v) is 4.55. The third kappa shape index (κ3) is 5.24. The Morgan fingerprint density at radius 3 is 2.57 bits per heavy atom. The van der Waals surface area contributed by atoms with Gasteiger partial charge < -0.3 is 16.0 Å². The molecule has 28 heavy (non-hydrogen) atoms. The molecule has 1 aliphatic heterocycles. The van der Waals surface area contributed by atoms with Gasteiger partial charge in [-0.1, -0.05) is 45.6 Å². The molecule has 3 N–H and O–H groups in total. The number of anilines is 1. The van der Waals surface area contributed by atoms with Crippen molar-refractivity contribution in [3.63, 3.8) is 0 Å². The lowest BCUT2D eigenvalue weighted by molar-refractivity contribution is -0.129. The van der Waals surface area contributed by atoms with Gasteiger partial charge in [-0.2, -0.15) is 0 Å². The minimum Gasteiger partial charge on any atom is -0.399 e. The summed E-state index contributed by atoms with van der Waals surface area (Å²) < 4.78 is 0. The molecule has 1 amide bonds. The van der Waals surface area contributed by atoms with Crippen molar-refractivity contribution in [2.75, 3.05) is 18.4 Å². The van der Waals surface area contributed by atoms with Crippen LogP contribution in [0.25, 0.3) is 5.70 Å². The maximum Gasteiger partial charge on any atom is 0.219 e. The van der Waals surface area contributed by atoms with Crippen LogP contribution in [0, 0.1) is 11.8 Å². The van der Waals surface area contributed by atoms with E-state index in [1.807, 2.05) is 11.1 Å². The Morgan fingerprint density at radius 1 is 1.29 bits per heavy atom. The average molecular weight is 386 g/mol. The van der Waals surface area contributed by atoms with Gasteiger partial charge in [0.15, 0.2) is 0 Å². The van der Waals surface area contributed by atoms with Gasteiger partial charge in [0.25, 0.3) is 0 Å². The SMILES string of the molecule is C=C(N)c1cnc(C[C@@H](C)C2CCCCC2)nc1NC1CCN(C(C)=O)CC1. The lowest BCUT2D eigenvalue weighted by Crippen LogP contribution is -2.41. The first-order chi connectivity index (χ1) is 13.4. The quantitative estimate of drug-likeness (QED) is 0.782. The summed E-state index contributed by atoms with van der Waals surface area (Å²) in [7, 11) is 0. The summed E-state index contributed by atoms with van der Waals surface area (Å²) in [5.41, 5.74) is 7.24. The molecule has 0 spiro atoms. The molecule has 2 heterocycles. The van der Waals surface area contributed by atoms with Crippen LogP contribution >= 0.6 is 0 Å². The molecule has 154 valence electrons. The summed E-state index contributed by atoms with van der Waals surface area (Å²) in [5, 5.41) is 3.55. The first-order valence-electron chi connectivity index (χ1n) is 10.8. The molecule has 1 saturated carbocycles. The predicted molar refractivity (Wildman–Crippen MR) is 114 cm³/mol. The van der Waals surface area contributed by atoms with Crippen molar-refractivity contribution in [1.29, 1.82) is 0 Å². The van der Waals surface area contributed by atoms with Crippen LogP contribution in [-0.2, 0) is 11.2 Å². The second-order valence-electron chi connectivity index (χ2n) is 8.58. The summed E-state index contributed by atoms with van der Waals surface area (Å²) in [6, 6.07) is 0.284. The molecule has 6 nitrogen and oxygen atoms in total. The van der Waals surface area contributed by atoms with Crippen LogP contribution in [-0.4, -0.2) is 39.9 Å². The molecule has 0 unspecified atom stereocenters. The summed E-state index contributed by atoms with van der Waals surface area (Å²) in [4.78, 5) is 22.9. The van der Waals surface area contributed by atoms with Crippen LogP contribution in [0.4, 0.5) is 5.82 Å². The number of hydrogen-bond acceptors (Lipinski definition) is 5. The summed E-state index contributed by atoms with van der Waals surface area (Å²) in [6.45, 7) is 9.41. The maximum atomic E-state index is 11.5. The zero-order valence-corrected chi connectivity index (χ0v) is 17.4. The second kappa shape index (κ2) is 9.39. The number of likely N-dealkylation sites (tertiary alicyclic amines) is 1. The molecule has 3 rings (SSSR count). The molecule has 0 radical (unpaired) electrons. The van der Waals surface area contributed by atoms with Gasteiger partial charge in [0.1, 0.15) is 11.6 Å². The number of nitrogens with two attached hydrogens (primary N) is 1. The largest absolute Gasteiger partial charge is 0.399 e. The van der Waals surface area contributed by atoms with E-state index in [4.69, 9.17) is 10.7 Å². The first kappa shape index (κ1) is 20.6. The highest BCUT2D eigenvalue weighted by Gasteiger charge is 2.24. The average Bonchev–Trinajstić information content (AvgIpc) is 2.69. The van der Waals surface area contributed by atoms with Crippen molar-refractivity contribution in [3.8, 4) is 0 Å². The number of aromatic nitrogens is 2. The molecular formula is C22H35N5O. The Balaban J connectivity index is 1.67. The standard InChI is InChI=1S/C22H35N5O/c1-15(18-7-5-4-6-8-18)13-21-24-14-20(16(2)23)22(26-21)25-19-9-11-27(12-10-19)17(3)28/h14-15,18-19H,2,4-13,23H2,1,3H3,(H,24,25,26)/t15-/m1/s1. The van der Waals surface area contributed by atoms with Gasteiger partial charge in [-0.25, -0.2) is 9.97 Å². The van der Waals surface area contributed by atoms with E-state index in [-0.39, 0.29) is 11.9 Å². The first-order valence-corrected chi connectivity index (χ1v) is 10.8. The van der Waals surface area contributed by atoms with E-state index in [0.29, 0.717) is 11.6 Å². The third-order valence-corrected chi connectivity index (χ3v) is 6.42. The minimum absolute atomic E-state index is 0.149. The Labute approximate surface area is 169 Å². The molecule has 6 heteroatoms. The Hall–Kier alpha value is -2.11. The number of hydrogen-bond donors (Lipinski definition) is 2. The van der Waals surface area contributed by atoms with Gasteiger partial charge in [-0.05, 0) is 24.7 Å². The lowest BCUT2D eigenvalue weighted by atomic mass is 9.79. The molecule has 2 fully saturated rings. The molecule has 0 bridgehead atoms. The number of nitrogens with zero attached hydrogens (tertiary/aromatic N) is 3. The second-order valence-corrected chi connectivity index (χ2v) is 8.58. The highest BCUT2D eigenvalue weighted by molar-refractivity contribution is 5.73. The molecular weight excluding hydrogens is 350 g/mol. The monoisotopic (exact) mass is 385 g/mol. The van der Waals surface area contributed by atoms with Crippen molar-refractivity contribution >= 4 is 17.4 Å². The Kier molecular flexibility index (Phi) is 6.92. The number of carbonyl (C=O) groups is 1. The van der Waals surface area contributed by atoms with Gasteiger partial charge in [0.2, 0.25) is 5.91 Å². The summed E-state index contributed by atoms with van der Waals surface area (Å²) in [6.07, 6.45) is 11.3. The zero-order chi connectivity index (χ0) is 20.1. The molecule has 1 aliphatic carbocycles. The van der Waals surface area contributed by atoms with E-state index in [9.17, 15) is 4.79 Å². The van der Waals surface area contributed by atoms with E-state index in [2.05, 4.69) is 23.8 Å². The van der Waals surface area contributed by atoms with Crippen molar-refractivity contribution in [3.05, 3.63) is 24.2 Å². The fourth-order valence-electron chi connectivity index (χ4n) is 4.55.